The number of fused-ring (bicyclic) bond motifs is 2. The number of imide groups is 1. The molecule has 0 saturated carbocycles. The summed E-state index contributed by atoms with van der Waals surface area (Å²) in [5.41, 5.74) is 3.67. The molecule has 2 fully saturated rings. The van der Waals surface area contributed by atoms with E-state index in [-0.39, 0.29) is 60.9 Å². The van der Waals surface area contributed by atoms with Crippen LogP contribution in [-0.4, -0.2) is 134 Å². The van der Waals surface area contributed by atoms with Crippen molar-refractivity contribution in [3.8, 4) is 5.75 Å². The number of halogens is 2. The third-order valence-corrected chi connectivity index (χ3v) is 11.4. The number of anilines is 4. The van der Waals surface area contributed by atoms with Crippen LogP contribution in [0.3, 0.4) is 0 Å². The average molecular weight is 916 g/mol. The number of likely N-dealkylation sites (tertiary alicyclic amines) is 1. The van der Waals surface area contributed by atoms with Gasteiger partial charge in [-0.05, 0) is 55.7 Å². The standard InChI is InChI=1S/C45H51ClFN9O9/c1-62-39-24-36-31(43(50-27-49-36)52-29-7-8-34(47)33(46)22-29)23-37(39)53-40(57)6-3-14-55-15-11-28(12-16-55)51-42(59)26-65-21-20-64-19-18-63-17-13-48-35-5-2-4-30-32(35)25-56(45(30)61)38-9-10-41(58)54-44(38)60/h2-8,22-24,27-28,38,48H,9-21,25-26H2,1H3,(H,51,59)(H,53,57)(H,49,50,52)(H,54,58,60)/b6-3+. The van der Waals surface area contributed by atoms with Crippen LogP contribution in [0.5, 0.6) is 5.75 Å². The van der Waals surface area contributed by atoms with Crippen LogP contribution in [0.15, 0.2) is 67.0 Å². The summed E-state index contributed by atoms with van der Waals surface area (Å²) < 4.78 is 35.9. The Morgan fingerprint density at radius 3 is 2.51 bits per heavy atom. The molecular formula is C45H51ClFN9O9. The predicted molar refractivity (Wildman–Crippen MR) is 240 cm³/mol. The van der Waals surface area contributed by atoms with Crippen LogP contribution in [-0.2, 0) is 39.9 Å². The number of benzene rings is 3. The Balaban J connectivity index is 0.723. The number of hydrogen-bond donors (Lipinski definition) is 5. The molecule has 7 rings (SSSR count). The van der Waals surface area contributed by atoms with Gasteiger partial charge in [-0.25, -0.2) is 14.4 Å². The van der Waals surface area contributed by atoms with Crippen LogP contribution in [0.1, 0.15) is 41.6 Å². The van der Waals surface area contributed by atoms with E-state index in [1.807, 2.05) is 6.07 Å². The van der Waals surface area contributed by atoms with Crippen LogP contribution in [0.2, 0.25) is 5.02 Å². The van der Waals surface area contributed by atoms with Gasteiger partial charge < -0.3 is 45.1 Å². The molecule has 0 spiro atoms. The summed E-state index contributed by atoms with van der Waals surface area (Å²) in [5, 5.41) is 15.2. The molecule has 3 aromatic carbocycles. The molecule has 2 saturated heterocycles. The Morgan fingerprint density at radius 1 is 0.954 bits per heavy atom. The molecule has 5 N–H and O–H groups in total. The summed E-state index contributed by atoms with van der Waals surface area (Å²) >= 11 is 5.95. The van der Waals surface area contributed by atoms with Crippen molar-refractivity contribution < 1.29 is 47.3 Å². The fraction of sp³-hybridized carbons (Fsp3) is 0.400. The van der Waals surface area contributed by atoms with E-state index in [1.165, 1.54) is 42.6 Å². The van der Waals surface area contributed by atoms with Gasteiger partial charge in [0.2, 0.25) is 23.6 Å². The van der Waals surface area contributed by atoms with Crippen molar-refractivity contribution in [2.24, 2.45) is 0 Å². The Kier molecular flexibility index (Phi) is 16.2. The quantitative estimate of drug-likeness (QED) is 0.0451. The molecule has 4 aromatic rings. The highest BCUT2D eigenvalue weighted by molar-refractivity contribution is 6.31. The fourth-order valence-electron chi connectivity index (χ4n) is 7.79. The molecule has 3 aliphatic heterocycles. The second-order valence-corrected chi connectivity index (χ2v) is 15.9. The first kappa shape index (κ1) is 46.7. The maximum atomic E-state index is 13.7. The van der Waals surface area contributed by atoms with E-state index >= 15 is 0 Å². The van der Waals surface area contributed by atoms with Crippen molar-refractivity contribution in [3.63, 3.8) is 0 Å². The molecule has 3 aliphatic rings. The second-order valence-electron chi connectivity index (χ2n) is 15.5. The van der Waals surface area contributed by atoms with Gasteiger partial charge in [-0.15, -0.1) is 0 Å². The number of carbonyl (C=O) groups is 5. The van der Waals surface area contributed by atoms with E-state index in [0.29, 0.717) is 85.3 Å². The van der Waals surface area contributed by atoms with Crippen LogP contribution in [0.4, 0.5) is 27.3 Å². The van der Waals surface area contributed by atoms with Gasteiger partial charge in [-0.2, -0.15) is 0 Å². The molecular weight excluding hydrogens is 865 g/mol. The van der Waals surface area contributed by atoms with E-state index in [4.69, 9.17) is 30.5 Å². The molecule has 5 amide bonds. The minimum absolute atomic E-state index is 0.0270. The predicted octanol–water partition coefficient (Wildman–Crippen LogP) is 4.17. The summed E-state index contributed by atoms with van der Waals surface area (Å²) in [5.74, 6) is -1.20. The van der Waals surface area contributed by atoms with Gasteiger partial charge in [0.15, 0.2) is 0 Å². The van der Waals surface area contributed by atoms with Gasteiger partial charge in [-0.1, -0.05) is 23.7 Å². The van der Waals surface area contributed by atoms with Crippen molar-refractivity contribution in [1.82, 2.24) is 30.4 Å². The lowest BCUT2D eigenvalue weighted by atomic mass is 10.0. The molecule has 0 aliphatic carbocycles. The number of rotatable bonds is 21. The lowest BCUT2D eigenvalue weighted by Crippen LogP contribution is -2.52. The topological polar surface area (TPSA) is 215 Å². The molecule has 344 valence electrons. The lowest BCUT2D eigenvalue weighted by Gasteiger charge is -2.31. The number of hydrogen-bond acceptors (Lipinski definition) is 14. The van der Waals surface area contributed by atoms with E-state index in [1.54, 1.807) is 30.3 Å². The van der Waals surface area contributed by atoms with Crippen molar-refractivity contribution >= 4 is 74.9 Å². The molecule has 4 heterocycles. The highest BCUT2D eigenvalue weighted by Crippen LogP contribution is 2.34. The molecule has 18 nitrogen and oxygen atoms in total. The lowest BCUT2D eigenvalue weighted by molar-refractivity contribution is -0.137. The van der Waals surface area contributed by atoms with Crippen LogP contribution >= 0.6 is 11.6 Å². The normalized spacial score (nSPS) is 16.8. The van der Waals surface area contributed by atoms with E-state index < -0.39 is 17.8 Å². The van der Waals surface area contributed by atoms with Crippen LogP contribution in [0.25, 0.3) is 10.9 Å². The molecule has 1 atom stereocenters. The summed E-state index contributed by atoms with van der Waals surface area (Å²) in [7, 11) is 1.50. The number of nitrogens with one attached hydrogen (secondary N) is 5. The van der Waals surface area contributed by atoms with Crippen molar-refractivity contribution in [1.29, 1.82) is 0 Å². The largest absolute Gasteiger partial charge is 0.494 e. The smallest absolute Gasteiger partial charge is 0.255 e. The second kappa shape index (κ2) is 22.6. The number of amides is 5. The Morgan fingerprint density at radius 2 is 1.74 bits per heavy atom. The zero-order valence-electron chi connectivity index (χ0n) is 35.8. The first-order valence-corrected chi connectivity index (χ1v) is 21.7. The first-order chi connectivity index (χ1) is 31.6. The van der Waals surface area contributed by atoms with Gasteiger partial charge in [0.1, 0.15) is 36.4 Å². The number of methoxy groups -OCH3 is 1. The minimum atomic E-state index is -0.666. The molecule has 0 bridgehead atoms. The number of nitrogens with zero attached hydrogens (tertiary/aromatic N) is 4. The molecule has 20 heteroatoms. The average Bonchev–Trinajstić information content (AvgIpc) is 3.63. The summed E-state index contributed by atoms with van der Waals surface area (Å²) in [6.45, 7) is 4.47. The number of carbonyl (C=O) groups excluding carboxylic acids is 5. The Bertz CT molecular complexity index is 2420. The van der Waals surface area contributed by atoms with Crippen LogP contribution < -0.4 is 31.3 Å². The maximum Gasteiger partial charge on any atom is 0.255 e. The van der Waals surface area contributed by atoms with Gasteiger partial charge in [-0.3, -0.25) is 34.2 Å². The fourth-order valence-corrected chi connectivity index (χ4v) is 7.97. The number of aromatic nitrogens is 2. The van der Waals surface area contributed by atoms with Crippen molar-refractivity contribution in [2.45, 2.75) is 44.3 Å². The minimum Gasteiger partial charge on any atom is -0.494 e. The van der Waals surface area contributed by atoms with Crippen LogP contribution in [0, 0.1) is 5.82 Å². The van der Waals surface area contributed by atoms with E-state index in [9.17, 15) is 28.4 Å². The highest BCUT2D eigenvalue weighted by Gasteiger charge is 2.39. The monoisotopic (exact) mass is 915 g/mol. The number of piperidine rings is 2. The third kappa shape index (κ3) is 12.5. The Labute approximate surface area is 379 Å². The zero-order chi connectivity index (χ0) is 45.7. The van der Waals surface area contributed by atoms with Gasteiger partial charge in [0.25, 0.3) is 5.91 Å². The van der Waals surface area contributed by atoms with Crippen molar-refractivity contribution in [2.75, 3.05) is 88.9 Å². The SMILES string of the molecule is COc1cc2ncnc(Nc3ccc(F)c(Cl)c3)c2cc1NC(=O)/C=C/CN1CCC(NC(=O)COCCOCCOCCNc2cccc3c2CN(C2CCC(=O)NC2=O)C3=O)CC1. The van der Waals surface area contributed by atoms with Gasteiger partial charge in [0, 0.05) is 85.2 Å². The van der Waals surface area contributed by atoms with Crippen molar-refractivity contribution in [3.05, 3.63) is 89.0 Å². The molecule has 1 unspecified atom stereocenters. The first-order valence-electron chi connectivity index (χ1n) is 21.3. The third-order valence-electron chi connectivity index (χ3n) is 11.1. The van der Waals surface area contributed by atoms with E-state index in [0.717, 1.165) is 37.2 Å². The Hall–Kier alpha value is -6.25. The highest BCUT2D eigenvalue weighted by atomic mass is 35.5. The summed E-state index contributed by atoms with van der Waals surface area (Å²) in [6, 6.07) is 12.4. The summed E-state index contributed by atoms with van der Waals surface area (Å²) in [4.78, 5) is 74.8. The van der Waals surface area contributed by atoms with Gasteiger partial charge in [0.05, 0.1) is 56.4 Å². The number of ether oxygens (including phenoxy) is 4. The molecule has 65 heavy (non-hydrogen) atoms. The molecule has 1 aromatic heterocycles. The summed E-state index contributed by atoms with van der Waals surface area (Å²) in [6.07, 6.45) is 6.68. The van der Waals surface area contributed by atoms with E-state index in [2.05, 4.69) is 41.5 Å². The molecule has 0 radical (unpaired) electrons. The zero-order valence-corrected chi connectivity index (χ0v) is 36.6. The van der Waals surface area contributed by atoms with Gasteiger partial charge >= 0.3 is 0 Å². The maximum absolute atomic E-state index is 13.7.